The van der Waals surface area contributed by atoms with E-state index in [0.717, 1.165) is 17.7 Å². The molecule has 1 aromatic rings. The van der Waals surface area contributed by atoms with E-state index in [1.807, 2.05) is 50.3 Å². The average molecular weight is 306 g/mol. The minimum Gasteiger partial charge on any atom is -0.497 e. The molecule has 2 atom stereocenters. The first-order valence-corrected chi connectivity index (χ1v) is 7.64. The predicted octanol–water partition coefficient (Wildman–Crippen LogP) is 3.91. The molecular weight excluding hydrogens is 280 g/mol. The molecule has 0 radical (unpaired) electrons. The fourth-order valence-electron chi connectivity index (χ4n) is 2.37. The maximum atomic E-state index is 11.3. The van der Waals surface area contributed by atoms with Crippen molar-refractivity contribution in [1.82, 2.24) is 0 Å². The van der Waals surface area contributed by atoms with E-state index >= 15 is 0 Å². The Morgan fingerprint density at radius 2 is 2.00 bits per heavy atom. The number of rotatable bonds is 10. The second kappa shape index (κ2) is 10.0. The van der Waals surface area contributed by atoms with Crippen molar-refractivity contribution in [2.45, 2.75) is 33.3 Å². The van der Waals surface area contributed by atoms with E-state index in [4.69, 9.17) is 9.47 Å². The fraction of sp³-hybridized carbons (Fsp3) is 0.500. The average Bonchev–Trinajstić information content (AvgIpc) is 2.51. The Bertz CT molecular complexity index is 464. The Hall–Kier alpha value is -1.81. The number of aliphatic carboxylic acids is 1. The van der Waals surface area contributed by atoms with Crippen molar-refractivity contribution in [3.05, 3.63) is 42.0 Å². The number of carbonyl (C=O) groups is 1. The van der Waals surface area contributed by atoms with E-state index in [1.54, 1.807) is 7.11 Å². The summed E-state index contributed by atoms with van der Waals surface area (Å²) in [5.41, 5.74) is 1.08. The monoisotopic (exact) mass is 306 g/mol. The van der Waals surface area contributed by atoms with Crippen LogP contribution in [0.25, 0.3) is 0 Å². The maximum absolute atomic E-state index is 11.3. The summed E-state index contributed by atoms with van der Waals surface area (Å²) in [4.78, 5) is 11.3. The van der Waals surface area contributed by atoms with Crippen molar-refractivity contribution in [3.63, 3.8) is 0 Å². The largest absolute Gasteiger partial charge is 0.497 e. The molecule has 0 heterocycles. The molecule has 4 nitrogen and oxygen atoms in total. The van der Waals surface area contributed by atoms with Gasteiger partial charge in [-0.15, -0.1) is 0 Å². The number of allylic oxidation sites excluding steroid dienone is 2. The van der Waals surface area contributed by atoms with E-state index in [2.05, 4.69) is 0 Å². The van der Waals surface area contributed by atoms with Gasteiger partial charge in [0.15, 0.2) is 0 Å². The summed E-state index contributed by atoms with van der Waals surface area (Å²) in [7, 11) is 1.64. The number of carboxylic acid groups (broad SMARTS) is 1. The standard InChI is InChI=1S/C18H26O4/c1-4-6-14(2)17(18(19)20)7-5-12-22-13-15-8-10-16(21-3)11-9-15/h4,6,8-11,14,17H,5,7,12-13H2,1-3H3,(H,19,20)/b6-4+/t14-,17-/m0/s1. The second-order valence-corrected chi connectivity index (χ2v) is 5.37. The predicted molar refractivity (Wildman–Crippen MR) is 87.0 cm³/mol. The lowest BCUT2D eigenvalue weighted by atomic mass is 9.89. The highest BCUT2D eigenvalue weighted by atomic mass is 16.5. The van der Waals surface area contributed by atoms with Crippen LogP contribution in [0, 0.1) is 11.8 Å². The molecule has 0 aliphatic carbocycles. The van der Waals surface area contributed by atoms with Crippen molar-refractivity contribution in [3.8, 4) is 5.75 Å². The minimum absolute atomic E-state index is 0.0455. The smallest absolute Gasteiger partial charge is 0.307 e. The summed E-state index contributed by atoms with van der Waals surface area (Å²) < 4.78 is 10.7. The molecule has 1 aromatic carbocycles. The molecule has 0 bridgehead atoms. The minimum atomic E-state index is -0.735. The Kier molecular flexibility index (Phi) is 8.30. The van der Waals surface area contributed by atoms with Crippen LogP contribution < -0.4 is 4.74 Å². The van der Waals surface area contributed by atoms with Gasteiger partial charge in [0.05, 0.1) is 19.6 Å². The summed E-state index contributed by atoms with van der Waals surface area (Å²) in [5, 5.41) is 9.27. The number of methoxy groups -OCH3 is 1. The van der Waals surface area contributed by atoms with E-state index in [-0.39, 0.29) is 11.8 Å². The molecule has 22 heavy (non-hydrogen) atoms. The van der Waals surface area contributed by atoms with Crippen LogP contribution in [0.15, 0.2) is 36.4 Å². The Balaban J connectivity index is 2.29. The zero-order valence-corrected chi connectivity index (χ0v) is 13.6. The second-order valence-electron chi connectivity index (χ2n) is 5.37. The lowest BCUT2D eigenvalue weighted by Crippen LogP contribution is -2.20. The number of carboxylic acids is 1. The van der Waals surface area contributed by atoms with Gasteiger partial charge in [0.1, 0.15) is 5.75 Å². The lowest BCUT2D eigenvalue weighted by molar-refractivity contribution is -0.143. The highest BCUT2D eigenvalue weighted by Gasteiger charge is 2.21. The van der Waals surface area contributed by atoms with Gasteiger partial charge in [-0.3, -0.25) is 4.79 Å². The van der Waals surface area contributed by atoms with Gasteiger partial charge in [0, 0.05) is 6.61 Å². The summed E-state index contributed by atoms with van der Waals surface area (Å²) >= 11 is 0. The summed E-state index contributed by atoms with van der Waals surface area (Å²) in [5.74, 6) is -0.211. The van der Waals surface area contributed by atoms with E-state index in [0.29, 0.717) is 19.6 Å². The fourth-order valence-corrected chi connectivity index (χ4v) is 2.37. The molecule has 1 N–H and O–H groups in total. The van der Waals surface area contributed by atoms with Gasteiger partial charge in [0.2, 0.25) is 0 Å². The van der Waals surface area contributed by atoms with Crippen LogP contribution in [-0.4, -0.2) is 24.8 Å². The Morgan fingerprint density at radius 1 is 1.32 bits per heavy atom. The van der Waals surface area contributed by atoms with Gasteiger partial charge in [-0.25, -0.2) is 0 Å². The third-order valence-electron chi connectivity index (χ3n) is 3.68. The molecule has 1 rings (SSSR count). The topological polar surface area (TPSA) is 55.8 Å². The first-order valence-electron chi connectivity index (χ1n) is 7.64. The van der Waals surface area contributed by atoms with Crippen LogP contribution >= 0.6 is 0 Å². The van der Waals surface area contributed by atoms with E-state index < -0.39 is 5.97 Å². The molecule has 0 aliphatic rings. The van der Waals surface area contributed by atoms with Gasteiger partial charge in [0.25, 0.3) is 0 Å². The van der Waals surface area contributed by atoms with Crippen LogP contribution in [0.1, 0.15) is 32.3 Å². The first-order chi connectivity index (χ1) is 10.6. The van der Waals surface area contributed by atoms with E-state index in [1.165, 1.54) is 0 Å². The van der Waals surface area contributed by atoms with Crippen molar-refractivity contribution >= 4 is 5.97 Å². The molecular formula is C18H26O4. The third kappa shape index (κ3) is 6.31. The normalized spacial score (nSPS) is 14.0. The van der Waals surface area contributed by atoms with Crippen LogP contribution in [0.3, 0.4) is 0 Å². The Labute approximate surface area is 132 Å². The van der Waals surface area contributed by atoms with E-state index in [9.17, 15) is 9.90 Å². The number of ether oxygens (including phenoxy) is 2. The van der Waals surface area contributed by atoms with Gasteiger partial charge in [-0.05, 0) is 43.4 Å². The molecule has 0 fully saturated rings. The van der Waals surface area contributed by atoms with Crippen molar-refractivity contribution in [1.29, 1.82) is 0 Å². The number of benzene rings is 1. The van der Waals surface area contributed by atoms with Crippen LogP contribution in [0.4, 0.5) is 0 Å². The van der Waals surface area contributed by atoms with Crippen molar-refractivity contribution < 1.29 is 19.4 Å². The van der Waals surface area contributed by atoms with Crippen LogP contribution in [-0.2, 0) is 16.1 Å². The van der Waals surface area contributed by atoms with Crippen molar-refractivity contribution in [2.24, 2.45) is 11.8 Å². The highest BCUT2D eigenvalue weighted by molar-refractivity contribution is 5.70. The molecule has 0 aliphatic heterocycles. The highest BCUT2D eigenvalue weighted by Crippen LogP contribution is 2.19. The number of hydrogen-bond donors (Lipinski definition) is 1. The molecule has 0 unspecified atom stereocenters. The molecule has 0 spiro atoms. The SMILES string of the molecule is C/C=C/[C@H](C)[C@H](CCCOCc1ccc(OC)cc1)C(=O)O. The van der Waals surface area contributed by atoms with Gasteiger partial charge in [-0.2, -0.15) is 0 Å². The lowest BCUT2D eigenvalue weighted by Gasteiger charge is -2.17. The van der Waals surface area contributed by atoms with Gasteiger partial charge < -0.3 is 14.6 Å². The molecule has 0 saturated heterocycles. The number of hydrogen-bond acceptors (Lipinski definition) is 3. The summed E-state index contributed by atoms with van der Waals surface area (Å²) in [6.07, 6.45) is 5.22. The molecule has 0 saturated carbocycles. The summed E-state index contributed by atoms with van der Waals surface area (Å²) in [6.45, 7) is 4.95. The first kappa shape index (κ1) is 18.2. The maximum Gasteiger partial charge on any atom is 0.307 e. The quantitative estimate of drug-likeness (QED) is 0.526. The third-order valence-corrected chi connectivity index (χ3v) is 3.68. The van der Waals surface area contributed by atoms with Crippen molar-refractivity contribution in [2.75, 3.05) is 13.7 Å². The summed E-state index contributed by atoms with van der Waals surface area (Å²) in [6, 6.07) is 7.73. The molecule has 4 heteroatoms. The Morgan fingerprint density at radius 3 is 2.55 bits per heavy atom. The van der Waals surface area contributed by atoms with Crippen LogP contribution in [0.2, 0.25) is 0 Å². The molecule has 0 amide bonds. The van der Waals surface area contributed by atoms with Gasteiger partial charge in [-0.1, -0.05) is 31.2 Å². The zero-order chi connectivity index (χ0) is 16.4. The van der Waals surface area contributed by atoms with Gasteiger partial charge >= 0.3 is 5.97 Å². The zero-order valence-electron chi connectivity index (χ0n) is 13.6. The molecule has 0 aromatic heterocycles. The van der Waals surface area contributed by atoms with Crippen LogP contribution in [0.5, 0.6) is 5.75 Å². The molecule has 122 valence electrons.